The van der Waals surface area contributed by atoms with E-state index in [-0.39, 0.29) is 32.3 Å². The van der Waals surface area contributed by atoms with Gasteiger partial charge in [0.25, 0.3) is 0 Å². The van der Waals surface area contributed by atoms with Gasteiger partial charge in [-0.3, -0.25) is 9.59 Å². The van der Waals surface area contributed by atoms with Crippen LogP contribution in [-0.2, 0) is 30.0 Å². The molecule has 0 aromatic heterocycles. The Balaban J connectivity index is 0.00000144. The summed E-state index contributed by atoms with van der Waals surface area (Å²) in [5.41, 5.74) is 0. The van der Waals surface area contributed by atoms with Crippen molar-refractivity contribution >= 4 is 11.9 Å². The fourth-order valence-corrected chi connectivity index (χ4v) is 1.59. The zero-order valence-electron chi connectivity index (χ0n) is 7.01. The van der Waals surface area contributed by atoms with Crippen molar-refractivity contribution in [3.05, 3.63) is 0 Å². The van der Waals surface area contributed by atoms with Gasteiger partial charge in [-0.2, -0.15) is 0 Å². The maximum Gasteiger partial charge on any atom is 0.306 e. The first-order valence-electron chi connectivity index (χ1n) is 4.07. The SMILES string of the molecule is O=C(O)[C@H]1CC[C@H](C(=O)O)CC1.[Pd]. The van der Waals surface area contributed by atoms with Crippen LogP contribution in [0.15, 0.2) is 0 Å². The van der Waals surface area contributed by atoms with Crippen molar-refractivity contribution in [2.45, 2.75) is 25.7 Å². The third-order valence-electron chi connectivity index (χ3n) is 2.43. The Kier molecular flexibility index (Phi) is 5.19. The van der Waals surface area contributed by atoms with Crippen molar-refractivity contribution in [2.75, 3.05) is 0 Å². The molecule has 0 aliphatic heterocycles. The van der Waals surface area contributed by atoms with Crippen LogP contribution in [0.25, 0.3) is 0 Å². The summed E-state index contributed by atoms with van der Waals surface area (Å²) in [5.74, 6) is -2.22. The molecule has 1 fully saturated rings. The second-order valence-corrected chi connectivity index (χ2v) is 3.23. The van der Waals surface area contributed by atoms with E-state index in [2.05, 4.69) is 0 Å². The summed E-state index contributed by atoms with van der Waals surface area (Å²) in [6.45, 7) is 0. The van der Waals surface area contributed by atoms with E-state index in [0.29, 0.717) is 25.7 Å². The van der Waals surface area contributed by atoms with Gasteiger partial charge in [0.1, 0.15) is 0 Å². The van der Waals surface area contributed by atoms with E-state index in [0.717, 1.165) is 0 Å². The maximum atomic E-state index is 10.5. The van der Waals surface area contributed by atoms with Crippen LogP contribution in [0.3, 0.4) is 0 Å². The number of rotatable bonds is 2. The molecule has 0 amide bonds. The van der Waals surface area contributed by atoms with E-state index in [1.54, 1.807) is 0 Å². The molecule has 5 heteroatoms. The molecule has 0 spiro atoms. The molecule has 1 saturated carbocycles. The molecule has 0 atom stereocenters. The molecule has 0 radical (unpaired) electrons. The third kappa shape index (κ3) is 3.45. The van der Waals surface area contributed by atoms with Gasteiger partial charge in [-0.1, -0.05) is 0 Å². The maximum absolute atomic E-state index is 10.5. The molecular weight excluding hydrogens is 267 g/mol. The minimum atomic E-state index is -0.793. The Labute approximate surface area is 90.0 Å². The second-order valence-electron chi connectivity index (χ2n) is 3.23. The van der Waals surface area contributed by atoms with E-state index in [4.69, 9.17) is 10.2 Å². The molecule has 78 valence electrons. The van der Waals surface area contributed by atoms with E-state index in [9.17, 15) is 9.59 Å². The summed E-state index contributed by atoms with van der Waals surface area (Å²) in [6.07, 6.45) is 2.03. The Morgan fingerprint density at radius 2 is 1.08 bits per heavy atom. The molecule has 1 aliphatic rings. The van der Waals surface area contributed by atoms with Crippen molar-refractivity contribution in [1.82, 2.24) is 0 Å². The largest absolute Gasteiger partial charge is 0.481 e. The number of carboxylic acids is 2. The average molecular weight is 279 g/mol. The molecule has 4 nitrogen and oxygen atoms in total. The van der Waals surface area contributed by atoms with Crippen molar-refractivity contribution in [3.63, 3.8) is 0 Å². The first kappa shape index (κ1) is 12.6. The molecule has 0 aromatic rings. The van der Waals surface area contributed by atoms with Gasteiger partial charge in [0.2, 0.25) is 0 Å². The van der Waals surface area contributed by atoms with Crippen molar-refractivity contribution < 1.29 is 40.2 Å². The Morgan fingerprint density at radius 1 is 0.846 bits per heavy atom. The van der Waals surface area contributed by atoms with E-state index < -0.39 is 11.9 Å². The molecule has 1 rings (SSSR count). The van der Waals surface area contributed by atoms with Crippen LogP contribution < -0.4 is 0 Å². The molecule has 0 unspecified atom stereocenters. The summed E-state index contributed by atoms with van der Waals surface area (Å²) < 4.78 is 0. The van der Waals surface area contributed by atoms with Crippen LogP contribution in [0.1, 0.15) is 25.7 Å². The molecular formula is C8H12O4Pd. The van der Waals surface area contributed by atoms with Crippen LogP contribution in [0.2, 0.25) is 0 Å². The quantitative estimate of drug-likeness (QED) is 0.738. The van der Waals surface area contributed by atoms with E-state index >= 15 is 0 Å². The number of aliphatic carboxylic acids is 2. The molecule has 2 N–H and O–H groups in total. The number of carbonyl (C=O) groups is 2. The number of carboxylic acid groups (broad SMARTS) is 2. The zero-order valence-corrected chi connectivity index (χ0v) is 8.56. The zero-order chi connectivity index (χ0) is 9.14. The fraction of sp³-hybridized carbons (Fsp3) is 0.750. The fourth-order valence-electron chi connectivity index (χ4n) is 1.59. The Hall–Kier alpha value is -0.398. The van der Waals surface area contributed by atoms with Gasteiger partial charge >= 0.3 is 11.9 Å². The first-order valence-corrected chi connectivity index (χ1v) is 4.07. The van der Waals surface area contributed by atoms with E-state index in [1.807, 2.05) is 0 Å². The van der Waals surface area contributed by atoms with Gasteiger partial charge in [-0.15, -0.1) is 0 Å². The van der Waals surface area contributed by atoms with Crippen molar-refractivity contribution in [3.8, 4) is 0 Å². The Morgan fingerprint density at radius 3 is 1.23 bits per heavy atom. The normalized spacial score (nSPS) is 27.4. The van der Waals surface area contributed by atoms with Crippen LogP contribution in [0, 0.1) is 11.8 Å². The van der Waals surface area contributed by atoms with Gasteiger partial charge in [0.15, 0.2) is 0 Å². The summed E-state index contributed by atoms with van der Waals surface area (Å²) in [5, 5.41) is 17.2. The molecule has 0 bridgehead atoms. The summed E-state index contributed by atoms with van der Waals surface area (Å²) in [6, 6.07) is 0. The number of hydrogen-bond acceptors (Lipinski definition) is 2. The molecule has 13 heavy (non-hydrogen) atoms. The summed E-state index contributed by atoms with van der Waals surface area (Å²) in [4.78, 5) is 21.0. The topological polar surface area (TPSA) is 74.6 Å². The standard InChI is InChI=1S/C8H12O4.Pd/c9-7(10)5-1-2-6(4-3-5)8(11)12;/h5-6H,1-4H2,(H,9,10)(H,11,12);/t5-,6-;. The smallest absolute Gasteiger partial charge is 0.306 e. The van der Waals surface area contributed by atoms with Crippen LogP contribution in [0.5, 0.6) is 0 Å². The minimum absolute atomic E-state index is 0. The minimum Gasteiger partial charge on any atom is -0.481 e. The van der Waals surface area contributed by atoms with Gasteiger partial charge in [0.05, 0.1) is 11.8 Å². The predicted octanol–water partition coefficient (Wildman–Crippen LogP) is 0.959. The Bertz CT molecular complexity index is 174. The van der Waals surface area contributed by atoms with Crippen LogP contribution in [-0.4, -0.2) is 22.2 Å². The van der Waals surface area contributed by atoms with Crippen molar-refractivity contribution in [2.24, 2.45) is 11.8 Å². The van der Waals surface area contributed by atoms with Gasteiger partial charge in [-0.25, -0.2) is 0 Å². The van der Waals surface area contributed by atoms with E-state index in [1.165, 1.54) is 0 Å². The summed E-state index contributed by atoms with van der Waals surface area (Å²) in [7, 11) is 0. The molecule has 1 aliphatic carbocycles. The first-order chi connectivity index (χ1) is 5.61. The second kappa shape index (κ2) is 5.36. The van der Waals surface area contributed by atoms with Gasteiger partial charge < -0.3 is 10.2 Å². The van der Waals surface area contributed by atoms with Gasteiger partial charge in [0, 0.05) is 20.4 Å². The predicted molar refractivity (Wildman–Crippen MR) is 40.7 cm³/mol. The van der Waals surface area contributed by atoms with Gasteiger partial charge in [-0.05, 0) is 25.7 Å². The molecule has 0 saturated heterocycles. The average Bonchev–Trinajstić information content (AvgIpc) is 2.04. The summed E-state index contributed by atoms with van der Waals surface area (Å²) >= 11 is 0. The molecule has 0 heterocycles. The molecule has 0 aromatic carbocycles. The van der Waals surface area contributed by atoms with Crippen molar-refractivity contribution in [1.29, 1.82) is 0 Å². The van der Waals surface area contributed by atoms with Crippen LogP contribution in [0.4, 0.5) is 0 Å². The number of hydrogen-bond donors (Lipinski definition) is 2. The van der Waals surface area contributed by atoms with Crippen LogP contribution >= 0.6 is 0 Å². The third-order valence-corrected chi connectivity index (χ3v) is 2.43. The monoisotopic (exact) mass is 278 g/mol.